The number of hydrogen-bond donors (Lipinski definition) is 1. The number of quaternary nitrogens is 1. The van der Waals surface area contributed by atoms with Crippen molar-refractivity contribution in [3.8, 4) is 0 Å². The zero-order chi connectivity index (χ0) is 64.1. The van der Waals surface area contributed by atoms with Crippen molar-refractivity contribution >= 4 is 19.8 Å². The van der Waals surface area contributed by atoms with Crippen LogP contribution < -0.4 is 0 Å². The average Bonchev–Trinajstić information content (AvgIpc) is 3.56. The van der Waals surface area contributed by atoms with E-state index in [4.69, 9.17) is 18.5 Å². The van der Waals surface area contributed by atoms with Gasteiger partial charge in [0.1, 0.15) is 19.8 Å². The second-order valence-corrected chi connectivity index (χ2v) is 24.5. The van der Waals surface area contributed by atoms with Crippen LogP contribution in [0.25, 0.3) is 0 Å². The van der Waals surface area contributed by atoms with Gasteiger partial charge in [-0.2, -0.15) is 0 Å². The highest BCUT2D eigenvalue weighted by Gasteiger charge is 2.27. The van der Waals surface area contributed by atoms with E-state index in [0.29, 0.717) is 17.4 Å². The highest BCUT2D eigenvalue weighted by molar-refractivity contribution is 7.47. The summed E-state index contributed by atoms with van der Waals surface area (Å²) in [6, 6.07) is 0. The molecule has 2 unspecified atom stereocenters. The molecule has 9 nitrogen and oxygen atoms in total. The highest BCUT2D eigenvalue weighted by atomic mass is 31.2. The summed E-state index contributed by atoms with van der Waals surface area (Å²) in [5.74, 6) is -0.865. The fraction of sp³-hybridized carbons (Fsp3) is 0.564. The van der Waals surface area contributed by atoms with Crippen molar-refractivity contribution in [3.63, 3.8) is 0 Å². The molecule has 2 atom stereocenters. The van der Waals surface area contributed by atoms with E-state index >= 15 is 0 Å². The van der Waals surface area contributed by atoms with Gasteiger partial charge in [0.05, 0.1) is 27.7 Å². The maximum absolute atomic E-state index is 12.9. The van der Waals surface area contributed by atoms with Gasteiger partial charge in [0.15, 0.2) is 6.10 Å². The highest BCUT2D eigenvalue weighted by Crippen LogP contribution is 2.43. The number of allylic oxidation sites excluding steroid dienone is 32. The number of phosphoric acid groups is 1. The predicted molar refractivity (Wildman–Crippen MR) is 380 cm³/mol. The Bertz CT molecular complexity index is 2190. The number of phosphoric ester groups is 1. The minimum Gasteiger partial charge on any atom is -0.462 e. The first-order chi connectivity index (χ1) is 43.0. The predicted octanol–water partition coefficient (Wildman–Crippen LogP) is 22.5. The molecule has 0 aliphatic carbocycles. The molecule has 0 saturated heterocycles. The maximum Gasteiger partial charge on any atom is 0.472 e. The van der Waals surface area contributed by atoms with E-state index in [1.165, 1.54) is 57.8 Å². The Morgan fingerprint density at radius 2 is 0.614 bits per heavy atom. The molecule has 0 heterocycles. The molecule has 0 fully saturated rings. The Balaban J connectivity index is 4.23. The van der Waals surface area contributed by atoms with E-state index in [2.05, 4.69) is 208 Å². The third-order valence-electron chi connectivity index (χ3n) is 13.6. The second-order valence-electron chi connectivity index (χ2n) is 23.1. The summed E-state index contributed by atoms with van der Waals surface area (Å²) in [4.78, 5) is 35.8. The molecule has 10 heteroatoms. The zero-order valence-corrected chi connectivity index (χ0v) is 57.0. The monoisotopic (exact) mass is 1230 g/mol. The smallest absolute Gasteiger partial charge is 0.462 e. The third-order valence-corrected chi connectivity index (χ3v) is 14.6. The van der Waals surface area contributed by atoms with Gasteiger partial charge in [-0.3, -0.25) is 18.6 Å². The molecule has 0 aromatic heterocycles. The molecule has 0 amide bonds. The Morgan fingerprint density at radius 1 is 0.352 bits per heavy atom. The minimum atomic E-state index is -4.42. The molecular weight excluding hydrogens is 1110 g/mol. The Morgan fingerprint density at radius 3 is 0.932 bits per heavy atom. The fourth-order valence-corrected chi connectivity index (χ4v) is 9.20. The van der Waals surface area contributed by atoms with Crippen LogP contribution in [-0.2, 0) is 32.7 Å². The number of carbonyl (C=O) groups excluding carboxylic acids is 2. The van der Waals surface area contributed by atoms with E-state index in [1.807, 2.05) is 21.1 Å². The fourth-order valence-electron chi connectivity index (χ4n) is 8.46. The SMILES string of the molecule is CC/C=C\C/C=C\C/C=C\C/C=C\C/C=C\C/C=C\C/C=C\C/C=C\C/C=C\C/C=C\CCCCC(=O)OC(COC(=O)CCCCCCCCCCCCCC/C=C\C/C=C\C/C=C\C/C=C\C/C=C\C/C=C\CC)COP(=O)(O)OCC[N+](C)(C)C. The van der Waals surface area contributed by atoms with Crippen LogP contribution in [0.1, 0.15) is 232 Å². The lowest BCUT2D eigenvalue weighted by Crippen LogP contribution is -2.37. The van der Waals surface area contributed by atoms with Crippen LogP contribution in [0.5, 0.6) is 0 Å². The first-order valence-corrected chi connectivity index (χ1v) is 35.7. The van der Waals surface area contributed by atoms with E-state index in [0.717, 1.165) is 141 Å². The Kier molecular flexibility index (Phi) is 62.4. The molecule has 494 valence electrons. The maximum atomic E-state index is 12.9. The molecule has 88 heavy (non-hydrogen) atoms. The first kappa shape index (κ1) is 82.8. The number of rotatable bonds is 60. The first-order valence-electron chi connectivity index (χ1n) is 34.2. The van der Waals surface area contributed by atoms with Gasteiger partial charge < -0.3 is 18.9 Å². The van der Waals surface area contributed by atoms with Gasteiger partial charge in [-0.1, -0.05) is 272 Å². The van der Waals surface area contributed by atoms with E-state index in [9.17, 15) is 19.0 Å². The number of carbonyl (C=O) groups is 2. The van der Waals surface area contributed by atoms with Crippen molar-refractivity contribution in [2.45, 2.75) is 238 Å². The van der Waals surface area contributed by atoms with E-state index in [-0.39, 0.29) is 32.0 Å². The molecule has 0 aromatic rings. The van der Waals surface area contributed by atoms with Crippen LogP contribution in [0.3, 0.4) is 0 Å². The van der Waals surface area contributed by atoms with Crippen molar-refractivity contribution in [1.82, 2.24) is 0 Å². The van der Waals surface area contributed by atoms with Gasteiger partial charge in [-0.15, -0.1) is 0 Å². The summed E-state index contributed by atoms with van der Waals surface area (Å²) < 4.78 is 34.6. The summed E-state index contributed by atoms with van der Waals surface area (Å²) in [5, 5.41) is 0. The molecular formula is C78H125NO8P+. The van der Waals surface area contributed by atoms with Gasteiger partial charge >= 0.3 is 19.8 Å². The largest absolute Gasteiger partial charge is 0.472 e. The molecule has 0 radical (unpaired) electrons. The van der Waals surface area contributed by atoms with Crippen molar-refractivity contribution < 1.29 is 42.1 Å². The number of likely N-dealkylation sites (N-methyl/N-ethyl adjacent to an activating group) is 1. The molecule has 0 spiro atoms. The molecule has 0 rings (SSSR count). The molecule has 0 aliphatic heterocycles. The van der Waals surface area contributed by atoms with Crippen molar-refractivity contribution in [3.05, 3.63) is 194 Å². The minimum absolute atomic E-state index is 0.0118. The second kappa shape index (κ2) is 66.3. The summed E-state index contributed by atoms with van der Waals surface area (Å²) >= 11 is 0. The van der Waals surface area contributed by atoms with Gasteiger partial charge in [-0.25, -0.2) is 4.57 Å². The van der Waals surface area contributed by atoms with Gasteiger partial charge in [0.25, 0.3) is 0 Å². The quantitative estimate of drug-likeness (QED) is 0.0211. The van der Waals surface area contributed by atoms with Crippen LogP contribution in [0.4, 0.5) is 0 Å². The third kappa shape index (κ3) is 69.9. The Hall–Kier alpha value is -5.15. The van der Waals surface area contributed by atoms with Crippen molar-refractivity contribution in [2.24, 2.45) is 0 Å². The van der Waals surface area contributed by atoms with Gasteiger partial charge in [0.2, 0.25) is 0 Å². The van der Waals surface area contributed by atoms with Crippen molar-refractivity contribution in [2.75, 3.05) is 47.5 Å². The average molecular weight is 1240 g/mol. The lowest BCUT2D eigenvalue weighted by atomic mass is 10.0. The van der Waals surface area contributed by atoms with Crippen LogP contribution in [0, 0.1) is 0 Å². The lowest BCUT2D eigenvalue weighted by molar-refractivity contribution is -0.870. The van der Waals surface area contributed by atoms with Gasteiger partial charge in [0, 0.05) is 12.8 Å². The lowest BCUT2D eigenvalue weighted by Gasteiger charge is -2.24. The Labute approximate surface area is 539 Å². The van der Waals surface area contributed by atoms with Gasteiger partial charge in [-0.05, 0) is 141 Å². The van der Waals surface area contributed by atoms with Crippen LogP contribution in [-0.4, -0.2) is 74.9 Å². The molecule has 0 aromatic carbocycles. The summed E-state index contributed by atoms with van der Waals surface area (Å²) in [7, 11) is 1.42. The summed E-state index contributed by atoms with van der Waals surface area (Å²) in [6.45, 7) is 4.13. The summed E-state index contributed by atoms with van der Waals surface area (Å²) in [5.41, 5.74) is 0. The van der Waals surface area contributed by atoms with E-state index < -0.39 is 26.5 Å². The van der Waals surface area contributed by atoms with Crippen LogP contribution >= 0.6 is 7.82 Å². The molecule has 0 bridgehead atoms. The number of hydrogen-bond acceptors (Lipinski definition) is 7. The molecule has 0 aliphatic rings. The molecule has 1 N–H and O–H groups in total. The number of ether oxygens (including phenoxy) is 2. The summed E-state index contributed by atoms with van der Waals surface area (Å²) in [6.07, 6.45) is 104. The topological polar surface area (TPSA) is 108 Å². The number of nitrogens with zero attached hydrogens (tertiary/aromatic N) is 1. The standard InChI is InChI=1S/C78H124NO8P/c1-6-8-10-12-14-16-18-20-22-24-26-28-30-32-34-36-38-39-41-43-45-47-49-51-53-55-57-59-61-63-65-67-69-71-78(81)87-76(75-86-88(82,83)85-73-72-79(3,4)5)74-84-77(80)70-68-66-64-62-60-58-56-54-52-50-48-46-44-42-40-37-35-33-31-29-27-25-23-21-19-17-15-13-11-9-7-2/h8-11,14-17,20-23,26-29,32-35,38-40,42-43,45,49,51,55,57,61,63,76H,6-7,12-13,18-19,24-25,30-31,36-37,41,44,46-48,50,52-54,56,58-60,62,64-75H2,1-5H3/p+1/b10-8-,11-9-,16-14-,17-15-,22-20-,23-21-,28-26-,29-27-,34-32-,35-33-,39-38-,42-40-,45-43-,51-49-,57-55-,63-61-. The number of esters is 2. The van der Waals surface area contributed by atoms with Crippen LogP contribution in [0.2, 0.25) is 0 Å². The zero-order valence-electron chi connectivity index (χ0n) is 56.1. The van der Waals surface area contributed by atoms with Crippen molar-refractivity contribution in [1.29, 1.82) is 0 Å². The van der Waals surface area contributed by atoms with Crippen LogP contribution in [0.15, 0.2) is 194 Å². The van der Waals surface area contributed by atoms with E-state index in [1.54, 1.807) is 0 Å². The molecule has 0 saturated carbocycles. The number of unbranched alkanes of at least 4 members (excludes halogenated alkanes) is 14. The normalized spacial score (nSPS) is 14.4.